The van der Waals surface area contributed by atoms with Gasteiger partial charge in [0.15, 0.2) is 23.1 Å². The summed E-state index contributed by atoms with van der Waals surface area (Å²) in [5.41, 5.74) is -0.669. The van der Waals surface area contributed by atoms with E-state index in [4.69, 9.17) is 0 Å². The number of rotatable bonds is 3. The fraction of sp³-hybridized carbons (Fsp3) is 0.300. The van der Waals surface area contributed by atoms with Crippen LogP contribution in [0.5, 0.6) is 11.5 Å². The van der Waals surface area contributed by atoms with E-state index in [2.05, 4.69) is 9.47 Å². The molecule has 1 rings (SSSR count). The number of aromatic hydroxyl groups is 1. The zero-order valence-electron chi connectivity index (χ0n) is 8.71. The summed E-state index contributed by atoms with van der Waals surface area (Å²) in [4.78, 5) is 11.2. The molecule has 0 saturated carbocycles. The number of carbonyl (C=O) groups excluding carboxylic acids is 1. The van der Waals surface area contributed by atoms with E-state index in [0.717, 1.165) is 7.11 Å². The molecule has 0 aliphatic heterocycles. The van der Waals surface area contributed by atoms with Crippen LogP contribution in [0.1, 0.15) is 17.3 Å². The van der Waals surface area contributed by atoms with E-state index < -0.39 is 34.7 Å². The number of carbonyl (C=O) groups is 1. The van der Waals surface area contributed by atoms with Gasteiger partial charge < -0.3 is 14.6 Å². The highest BCUT2D eigenvalue weighted by Gasteiger charge is 2.23. The monoisotopic (exact) mass is 232 g/mol. The molecule has 0 fully saturated rings. The molecule has 0 atom stereocenters. The predicted octanol–water partition coefficient (Wildman–Crippen LogP) is 1.86. The Morgan fingerprint density at radius 2 is 2.12 bits per heavy atom. The van der Waals surface area contributed by atoms with Gasteiger partial charge in [0.25, 0.3) is 0 Å². The standard InChI is InChI=1S/C10H10F2O4/c1-3-16-10(14)5-4-6(11)9(15-2)8(13)7(5)12/h4,13H,3H2,1-2H3. The van der Waals surface area contributed by atoms with Crippen molar-refractivity contribution in [2.45, 2.75) is 6.92 Å². The first-order chi connectivity index (χ1) is 7.52. The summed E-state index contributed by atoms with van der Waals surface area (Å²) in [5.74, 6) is -5.05. The minimum absolute atomic E-state index is 0.0205. The van der Waals surface area contributed by atoms with Crippen molar-refractivity contribution in [1.82, 2.24) is 0 Å². The van der Waals surface area contributed by atoms with E-state index >= 15 is 0 Å². The van der Waals surface area contributed by atoms with E-state index in [-0.39, 0.29) is 6.61 Å². The van der Waals surface area contributed by atoms with Gasteiger partial charge in [0.05, 0.1) is 13.7 Å². The molecule has 0 unspecified atom stereocenters. The summed E-state index contributed by atoms with van der Waals surface area (Å²) in [6.45, 7) is 1.54. The second-order valence-corrected chi connectivity index (χ2v) is 2.82. The van der Waals surface area contributed by atoms with E-state index in [1.807, 2.05) is 0 Å². The van der Waals surface area contributed by atoms with Crippen LogP contribution >= 0.6 is 0 Å². The molecular weight excluding hydrogens is 222 g/mol. The van der Waals surface area contributed by atoms with Crippen molar-refractivity contribution in [1.29, 1.82) is 0 Å². The fourth-order valence-electron chi connectivity index (χ4n) is 1.15. The summed E-state index contributed by atoms with van der Waals surface area (Å²) in [5, 5.41) is 9.23. The summed E-state index contributed by atoms with van der Waals surface area (Å²) < 4.78 is 35.6. The van der Waals surface area contributed by atoms with Crippen LogP contribution in [0.3, 0.4) is 0 Å². The smallest absolute Gasteiger partial charge is 0.341 e. The number of phenols is 1. The van der Waals surface area contributed by atoms with Gasteiger partial charge >= 0.3 is 5.97 Å². The maximum absolute atomic E-state index is 13.4. The van der Waals surface area contributed by atoms with Gasteiger partial charge in [-0.05, 0) is 13.0 Å². The molecule has 4 nitrogen and oxygen atoms in total. The number of hydrogen-bond donors (Lipinski definition) is 1. The average Bonchev–Trinajstić information content (AvgIpc) is 2.24. The number of benzene rings is 1. The Bertz CT molecular complexity index is 418. The summed E-state index contributed by atoms with van der Waals surface area (Å²) in [6, 6.07) is 0.617. The molecule has 0 radical (unpaired) electrons. The van der Waals surface area contributed by atoms with Crippen LogP contribution in [0, 0.1) is 11.6 Å². The third-order valence-electron chi connectivity index (χ3n) is 1.85. The van der Waals surface area contributed by atoms with Crippen molar-refractivity contribution < 1.29 is 28.2 Å². The molecule has 0 spiro atoms. The van der Waals surface area contributed by atoms with Crippen molar-refractivity contribution in [2.24, 2.45) is 0 Å². The lowest BCUT2D eigenvalue weighted by molar-refractivity contribution is 0.0519. The van der Waals surface area contributed by atoms with Crippen molar-refractivity contribution in [3.05, 3.63) is 23.3 Å². The Morgan fingerprint density at radius 3 is 2.62 bits per heavy atom. The van der Waals surface area contributed by atoms with Crippen molar-refractivity contribution in [3.8, 4) is 11.5 Å². The van der Waals surface area contributed by atoms with Gasteiger partial charge in [0.2, 0.25) is 0 Å². The van der Waals surface area contributed by atoms with E-state index in [1.54, 1.807) is 0 Å². The molecule has 1 N–H and O–H groups in total. The van der Waals surface area contributed by atoms with Gasteiger partial charge in [-0.3, -0.25) is 0 Å². The van der Waals surface area contributed by atoms with Crippen LogP contribution < -0.4 is 4.74 Å². The zero-order valence-corrected chi connectivity index (χ0v) is 8.71. The maximum atomic E-state index is 13.4. The predicted molar refractivity (Wildman–Crippen MR) is 50.5 cm³/mol. The highest BCUT2D eigenvalue weighted by Crippen LogP contribution is 2.34. The molecule has 88 valence electrons. The van der Waals surface area contributed by atoms with E-state index in [9.17, 15) is 18.7 Å². The average molecular weight is 232 g/mol. The number of esters is 1. The molecule has 0 heterocycles. The largest absolute Gasteiger partial charge is 0.502 e. The summed E-state index contributed by atoms with van der Waals surface area (Å²) in [7, 11) is 1.07. The van der Waals surface area contributed by atoms with Crippen LogP contribution in [0.25, 0.3) is 0 Å². The molecule has 1 aromatic rings. The number of phenolic OH excluding ortho intramolecular Hbond substituents is 1. The molecule has 0 aromatic heterocycles. The Hall–Kier alpha value is -1.85. The lowest BCUT2D eigenvalue weighted by atomic mass is 10.1. The lowest BCUT2D eigenvalue weighted by Gasteiger charge is -2.09. The number of halogens is 2. The minimum Gasteiger partial charge on any atom is -0.502 e. The zero-order chi connectivity index (χ0) is 12.3. The Morgan fingerprint density at radius 1 is 1.50 bits per heavy atom. The SMILES string of the molecule is CCOC(=O)c1cc(F)c(OC)c(O)c1F. The highest BCUT2D eigenvalue weighted by atomic mass is 19.1. The number of ether oxygens (including phenoxy) is 2. The molecule has 0 saturated heterocycles. The molecule has 0 aliphatic rings. The first-order valence-electron chi connectivity index (χ1n) is 4.45. The van der Waals surface area contributed by atoms with Crippen LogP contribution in [0.4, 0.5) is 8.78 Å². The first-order valence-corrected chi connectivity index (χ1v) is 4.45. The van der Waals surface area contributed by atoms with Gasteiger partial charge in [0.1, 0.15) is 5.56 Å². The van der Waals surface area contributed by atoms with Crippen molar-refractivity contribution in [3.63, 3.8) is 0 Å². The minimum atomic E-state index is -1.27. The molecule has 0 aliphatic carbocycles. The Labute approximate surface area is 90.4 Å². The van der Waals surface area contributed by atoms with E-state index in [1.165, 1.54) is 6.92 Å². The van der Waals surface area contributed by atoms with Crippen LogP contribution in [0.2, 0.25) is 0 Å². The quantitative estimate of drug-likeness (QED) is 0.808. The Balaban J connectivity index is 3.28. The third-order valence-corrected chi connectivity index (χ3v) is 1.85. The van der Waals surface area contributed by atoms with Gasteiger partial charge in [-0.1, -0.05) is 0 Å². The van der Waals surface area contributed by atoms with Crippen molar-refractivity contribution >= 4 is 5.97 Å². The highest BCUT2D eigenvalue weighted by molar-refractivity contribution is 5.90. The summed E-state index contributed by atoms with van der Waals surface area (Å²) >= 11 is 0. The van der Waals surface area contributed by atoms with Crippen molar-refractivity contribution in [2.75, 3.05) is 13.7 Å². The van der Waals surface area contributed by atoms with Gasteiger partial charge in [-0.25, -0.2) is 13.6 Å². The van der Waals surface area contributed by atoms with Gasteiger partial charge in [-0.2, -0.15) is 0 Å². The maximum Gasteiger partial charge on any atom is 0.341 e. The topological polar surface area (TPSA) is 55.8 Å². The Kier molecular flexibility index (Phi) is 3.65. The number of hydrogen-bond acceptors (Lipinski definition) is 4. The van der Waals surface area contributed by atoms with E-state index in [0.29, 0.717) is 6.07 Å². The molecule has 0 bridgehead atoms. The van der Waals surface area contributed by atoms with Gasteiger partial charge in [-0.15, -0.1) is 0 Å². The first kappa shape index (κ1) is 12.2. The van der Waals surface area contributed by atoms with Crippen LogP contribution in [-0.4, -0.2) is 24.8 Å². The second kappa shape index (κ2) is 4.78. The van der Waals surface area contributed by atoms with Crippen LogP contribution in [0.15, 0.2) is 6.07 Å². The molecule has 6 heteroatoms. The molecule has 0 amide bonds. The van der Waals surface area contributed by atoms with Crippen LogP contribution in [-0.2, 0) is 4.74 Å². The molecular formula is C10H10F2O4. The second-order valence-electron chi connectivity index (χ2n) is 2.82. The normalized spacial score (nSPS) is 10.0. The molecule has 16 heavy (non-hydrogen) atoms. The third kappa shape index (κ3) is 2.05. The fourth-order valence-corrected chi connectivity index (χ4v) is 1.15. The number of methoxy groups -OCH3 is 1. The lowest BCUT2D eigenvalue weighted by Crippen LogP contribution is -2.08. The molecule has 1 aromatic carbocycles. The van der Waals surface area contributed by atoms with Gasteiger partial charge in [0, 0.05) is 0 Å². The summed E-state index contributed by atoms with van der Waals surface area (Å²) in [6.07, 6.45) is 0.